The van der Waals surface area contributed by atoms with Crippen LogP contribution in [0.15, 0.2) is 24.4 Å². The van der Waals surface area contributed by atoms with E-state index in [1.165, 1.54) is 6.92 Å². The number of aryl methyl sites for hydroxylation is 1. The van der Waals surface area contributed by atoms with Gasteiger partial charge in [0.05, 0.1) is 0 Å². The zero-order chi connectivity index (χ0) is 14.3. The molecular weight excluding hydrogens is 246 g/mol. The SMILES string of the molecule is CC(=O)C(CCC(=O)CCc1ccccn1)C(=O)O. The van der Waals surface area contributed by atoms with Crippen LogP contribution in [0.2, 0.25) is 0 Å². The number of hydrogen-bond acceptors (Lipinski definition) is 4. The molecule has 102 valence electrons. The molecule has 0 saturated heterocycles. The first-order valence-corrected chi connectivity index (χ1v) is 6.15. The van der Waals surface area contributed by atoms with Gasteiger partial charge in [0.1, 0.15) is 17.5 Å². The molecule has 0 aliphatic carbocycles. The molecule has 0 aromatic carbocycles. The molecule has 19 heavy (non-hydrogen) atoms. The van der Waals surface area contributed by atoms with Crippen molar-refractivity contribution in [2.45, 2.75) is 32.6 Å². The summed E-state index contributed by atoms with van der Waals surface area (Å²) in [5, 5.41) is 8.82. The standard InChI is InChI=1S/C14H17NO4/c1-10(16)13(14(18)19)8-7-12(17)6-5-11-4-2-3-9-15-11/h2-4,9,13H,5-8H2,1H3,(H,18,19). The second kappa shape index (κ2) is 7.41. The minimum atomic E-state index is -1.16. The second-order valence-corrected chi connectivity index (χ2v) is 4.40. The van der Waals surface area contributed by atoms with E-state index in [0.29, 0.717) is 12.8 Å². The maximum absolute atomic E-state index is 11.6. The van der Waals surface area contributed by atoms with Gasteiger partial charge in [0.15, 0.2) is 0 Å². The van der Waals surface area contributed by atoms with Crippen LogP contribution in [-0.4, -0.2) is 27.6 Å². The Labute approximate surface area is 111 Å². The predicted molar refractivity (Wildman–Crippen MR) is 68.6 cm³/mol. The van der Waals surface area contributed by atoms with Crippen molar-refractivity contribution < 1.29 is 19.5 Å². The van der Waals surface area contributed by atoms with E-state index in [2.05, 4.69) is 4.98 Å². The van der Waals surface area contributed by atoms with Crippen LogP contribution in [0, 0.1) is 5.92 Å². The molecule has 0 aliphatic heterocycles. The Kier molecular flexibility index (Phi) is 5.85. The molecule has 5 heteroatoms. The van der Waals surface area contributed by atoms with Crippen LogP contribution in [0.1, 0.15) is 31.9 Å². The first-order valence-electron chi connectivity index (χ1n) is 6.15. The van der Waals surface area contributed by atoms with E-state index in [4.69, 9.17) is 5.11 Å². The molecule has 0 saturated carbocycles. The molecular formula is C14H17NO4. The van der Waals surface area contributed by atoms with Crippen LogP contribution in [-0.2, 0) is 20.8 Å². The monoisotopic (exact) mass is 263 g/mol. The highest BCUT2D eigenvalue weighted by atomic mass is 16.4. The number of nitrogens with zero attached hydrogens (tertiary/aromatic N) is 1. The van der Waals surface area contributed by atoms with Gasteiger partial charge in [-0.1, -0.05) is 6.07 Å². The number of carbonyl (C=O) groups is 3. The fourth-order valence-electron chi connectivity index (χ4n) is 1.74. The summed E-state index contributed by atoms with van der Waals surface area (Å²) in [6, 6.07) is 5.49. The molecule has 0 spiro atoms. The van der Waals surface area contributed by atoms with E-state index < -0.39 is 17.7 Å². The smallest absolute Gasteiger partial charge is 0.314 e. The Morgan fingerprint density at radius 3 is 2.53 bits per heavy atom. The fraction of sp³-hybridized carbons (Fsp3) is 0.429. The molecule has 1 heterocycles. The number of aromatic nitrogens is 1. The highest BCUT2D eigenvalue weighted by molar-refractivity contribution is 5.97. The van der Waals surface area contributed by atoms with Crippen LogP contribution in [0.5, 0.6) is 0 Å². The van der Waals surface area contributed by atoms with Gasteiger partial charge in [0, 0.05) is 24.7 Å². The first kappa shape index (κ1) is 15.0. The topological polar surface area (TPSA) is 84.3 Å². The van der Waals surface area contributed by atoms with Gasteiger partial charge in [-0.3, -0.25) is 19.4 Å². The Balaban J connectivity index is 2.35. The zero-order valence-corrected chi connectivity index (χ0v) is 10.8. The third-order valence-electron chi connectivity index (χ3n) is 2.89. The van der Waals surface area contributed by atoms with E-state index in [9.17, 15) is 14.4 Å². The molecule has 0 radical (unpaired) electrons. The summed E-state index contributed by atoms with van der Waals surface area (Å²) in [5.41, 5.74) is 0.831. The van der Waals surface area contributed by atoms with Gasteiger partial charge in [-0.15, -0.1) is 0 Å². The van der Waals surface area contributed by atoms with Crippen molar-refractivity contribution >= 4 is 17.5 Å². The Morgan fingerprint density at radius 2 is 2.00 bits per heavy atom. The summed E-state index contributed by atoms with van der Waals surface area (Å²) in [5.74, 6) is -2.69. The van der Waals surface area contributed by atoms with Crippen LogP contribution in [0.25, 0.3) is 0 Å². The molecule has 5 nitrogen and oxygen atoms in total. The van der Waals surface area contributed by atoms with Crippen LogP contribution in [0.4, 0.5) is 0 Å². The van der Waals surface area contributed by atoms with Gasteiger partial charge < -0.3 is 5.11 Å². The summed E-state index contributed by atoms with van der Waals surface area (Å²) in [6.07, 6.45) is 2.71. The van der Waals surface area contributed by atoms with Gasteiger partial charge in [-0.05, 0) is 31.9 Å². The van der Waals surface area contributed by atoms with Crippen molar-refractivity contribution in [3.8, 4) is 0 Å². The van der Waals surface area contributed by atoms with Crippen LogP contribution in [0.3, 0.4) is 0 Å². The normalized spacial score (nSPS) is 11.8. The summed E-state index contributed by atoms with van der Waals surface area (Å²) >= 11 is 0. The zero-order valence-electron chi connectivity index (χ0n) is 10.8. The third-order valence-corrected chi connectivity index (χ3v) is 2.89. The van der Waals surface area contributed by atoms with Crippen LogP contribution < -0.4 is 0 Å². The number of aliphatic carboxylic acids is 1. The van der Waals surface area contributed by atoms with Gasteiger partial charge in [0.2, 0.25) is 0 Å². The molecule has 1 atom stereocenters. The summed E-state index contributed by atoms with van der Waals surface area (Å²) in [4.78, 5) is 37.6. The van der Waals surface area contributed by atoms with Crippen LogP contribution >= 0.6 is 0 Å². The van der Waals surface area contributed by atoms with Crippen molar-refractivity contribution in [3.63, 3.8) is 0 Å². The van der Waals surface area contributed by atoms with Crippen molar-refractivity contribution in [2.24, 2.45) is 5.92 Å². The molecule has 1 aromatic heterocycles. The highest BCUT2D eigenvalue weighted by Gasteiger charge is 2.23. The van der Waals surface area contributed by atoms with Gasteiger partial charge in [-0.2, -0.15) is 0 Å². The maximum atomic E-state index is 11.6. The number of carboxylic acid groups (broad SMARTS) is 1. The van der Waals surface area contributed by atoms with Gasteiger partial charge in [-0.25, -0.2) is 0 Å². The number of Topliss-reactive ketones (excluding diaryl/α,β-unsaturated/α-hetero) is 2. The van der Waals surface area contributed by atoms with Crippen molar-refractivity contribution in [3.05, 3.63) is 30.1 Å². The molecule has 0 amide bonds. The predicted octanol–water partition coefficient (Wildman–Crippen LogP) is 1.65. The lowest BCUT2D eigenvalue weighted by Gasteiger charge is -2.07. The van der Waals surface area contributed by atoms with E-state index in [0.717, 1.165) is 5.69 Å². The highest BCUT2D eigenvalue weighted by Crippen LogP contribution is 2.11. The number of carbonyl (C=O) groups excluding carboxylic acids is 2. The first-order chi connectivity index (χ1) is 9.00. The summed E-state index contributed by atoms with van der Waals surface area (Å²) in [6.45, 7) is 1.23. The van der Waals surface area contributed by atoms with Crippen molar-refractivity contribution in [1.82, 2.24) is 4.98 Å². The van der Waals surface area contributed by atoms with E-state index in [1.807, 2.05) is 12.1 Å². The number of carboxylic acids is 1. The third kappa shape index (κ3) is 5.42. The molecule has 1 aromatic rings. The Bertz CT molecular complexity index is 442. The minimum absolute atomic E-state index is 0.0434. The average molecular weight is 263 g/mol. The lowest BCUT2D eigenvalue weighted by molar-refractivity contribution is -0.146. The quantitative estimate of drug-likeness (QED) is 0.721. The van der Waals surface area contributed by atoms with Crippen molar-refractivity contribution in [1.29, 1.82) is 0 Å². The average Bonchev–Trinajstić information content (AvgIpc) is 2.37. The Morgan fingerprint density at radius 1 is 1.26 bits per heavy atom. The molecule has 0 aliphatic rings. The lowest BCUT2D eigenvalue weighted by atomic mass is 9.96. The minimum Gasteiger partial charge on any atom is -0.481 e. The number of ketones is 2. The number of pyridine rings is 1. The number of hydrogen-bond donors (Lipinski definition) is 1. The second-order valence-electron chi connectivity index (χ2n) is 4.40. The van der Waals surface area contributed by atoms with E-state index >= 15 is 0 Å². The van der Waals surface area contributed by atoms with E-state index in [-0.39, 0.29) is 18.6 Å². The molecule has 0 bridgehead atoms. The maximum Gasteiger partial charge on any atom is 0.314 e. The van der Waals surface area contributed by atoms with E-state index in [1.54, 1.807) is 12.3 Å². The number of rotatable bonds is 8. The lowest BCUT2D eigenvalue weighted by Crippen LogP contribution is -2.22. The molecule has 0 fully saturated rings. The largest absolute Gasteiger partial charge is 0.481 e. The summed E-state index contributed by atoms with van der Waals surface area (Å²) < 4.78 is 0. The molecule has 1 unspecified atom stereocenters. The summed E-state index contributed by atoms with van der Waals surface area (Å²) in [7, 11) is 0. The van der Waals surface area contributed by atoms with Gasteiger partial charge in [0.25, 0.3) is 0 Å². The fourth-order valence-corrected chi connectivity index (χ4v) is 1.74. The van der Waals surface area contributed by atoms with Crippen molar-refractivity contribution in [2.75, 3.05) is 0 Å². The van der Waals surface area contributed by atoms with Gasteiger partial charge >= 0.3 is 5.97 Å². The Hall–Kier alpha value is -2.04. The molecule has 1 rings (SSSR count). The molecule has 1 N–H and O–H groups in total.